The standard InChI is InChI=1S/C10H12Cl2N4/c1-2-3-4-5-16-6-13-7-8(11)14-10(12)15-9(7)16/h6H,2-5H2,1H3. The molecule has 0 saturated heterocycles. The van der Waals surface area contributed by atoms with E-state index < -0.39 is 0 Å². The van der Waals surface area contributed by atoms with Crippen molar-refractivity contribution in [3.05, 3.63) is 16.8 Å². The van der Waals surface area contributed by atoms with Crippen LogP contribution in [0.5, 0.6) is 0 Å². The Morgan fingerprint density at radius 3 is 2.81 bits per heavy atom. The van der Waals surface area contributed by atoms with Crippen molar-refractivity contribution in [2.75, 3.05) is 0 Å². The third-order valence-corrected chi connectivity index (χ3v) is 2.83. The van der Waals surface area contributed by atoms with E-state index >= 15 is 0 Å². The molecule has 4 nitrogen and oxygen atoms in total. The molecule has 2 rings (SSSR count). The predicted octanol–water partition coefficient (Wildman–Crippen LogP) is 3.32. The number of aryl methyl sites for hydroxylation is 1. The number of hydrogen-bond donors (Lipinski definition) is 0. The molecule has 0 saturated carbocycles. The molecule has 2 heterocycles. The molecule has 0 bridgehead atoms. The van der Waals surface area contributed by atoms with Crippen molar-refractivity contribution in [3.63, 3.8) is 0 Å². The zero-order valence-corrected chi connectivity index (χ0v) is 10.5. The number of halogens is 2. The minimum Gasteiger partial charge on any atom is -0.315 e. The topological polar surface area (TPSA) is 43.6 Å². The number of hydrogen-bond acceptors (Lipinski definition) is 3. The van der Waals surface area contributed by atoms with Crippen molar-refractivity contribution in [1.82, 2.24) is 19.5 Å². The van der Waals surface area contributed by atoms with E-state index in [1.54, 1.807) is 6.33 Å². The number of rotatable bonds is 4. The first kappa shape index (κ1) is 11.6. The number of fused-ring (bicyclic) bond motifs is 1. The van der Waals surface area contributed by atoms with Crippen LogP contribution in [0.1, 0.15) is 26.2 Å². The second-order valence-electron chi connectivity index (χ2n) is 3.60. The SMILES string of the molecule is CCCCCn1cnc2c(Cl)nc(Cl)nc21. The van der Waals surface area contributed by atoms with Crippen LogP contribution in [0.25, 0.3) is 11.2 Å². The molecule has 0 N–H and O–H groups in total. The van der Waals surface area contributed by atoms with E-state index in [9.17, 15) is 0 Å². The quantitative estimate of drug-likeness (QED) is 0.480. The van der Waals surface area contributed by atoms with E-state index in [2.05, 4.69) is 21.9 Å². The largest absolute Gasteiger partial charge is 0.315 e. The molecule has 0 aliphatic carbocycles. The summed E-state index contributed by atoms with van der Waals surface area (Å²) in [6.07, 6.45) is 5.20. The van der Waals surface area contributed by atoms with Crippen LogP contribution < -0.4 is 0 Å². The molecule has 0 aliphatic heterocycles. The van der Waals surface area contributed by atoms with E-state index in [0.717, 1.165) is 13.0 Å². The number of unbranched alkanes of at least 4 members (excludes halogenated alkanes) is 2. The molecule has 0 spiro atoms. The second kappa shape index (κ2) is 4.97. The Bertz CT molecular complexity index is 495. The lowest BCUT2D eigenvalue weighted by Crippen LogP contribution is -1.98. The second-order valence-corrected chi connectivity index (χ2v) is 4.30. The summed E-state index contributed by atoms with van der Waals surface area (Å²) in [5.41, 5.74) is 1.32. The van der Waals surface area contributed by atoms with Gasteiger partial charge in [-0.15, -0.1) is 0 Å². The summed E-state index contributed by atoms with van der Waals surface area (Å²) in [7, 11) is 0. The molecule has 0 aromatic carbocycles. The zero-order valence-electron chi connectivity index (χ0n) is 8.95. The molecule has 2 aromatic rings. The molecule has 0 amide bonds. The molecule has 0 atom stereocenters. The van der Waals surface area contributed by atoms with Gasteiger partial charge in [-0.3, -0.25) is 0 Å². The Morgan fingerprint density at radius 1 is 1.25 bits per heavy atom. The number of aromatic nitrogens is 4. The summed E-state index contributed by atoms with van der Waals surface area (Å²) in [4.78, 5) is 12.2. The van der Waals surface area contributed by atoms with Crippen LogP contribution in [0, 0.1) is 0 Å². The van der Waals surface area contributed by atoms with Crippen molar-refractivity contribution in [3.8, 4) is 0 Å². The number of nitrogens with zero attached hydrogens (tertiary/aromatic N) is 4. The lowest BCUT2D eigenvalue weighted by atomic mass is 10.2. The third-order valence-electron chi connectivity index (χ3n) is 2.40. The summed E-state index contributed by atoms with van der Waals surface area (Å²) in [5.74, 6) is 0. The average molecular weight is 259 g/mol. The molecular weight excluding hydrogens is 247 g/mol. The van der Waals surface area contributed by atoms with Crippen molar-refractivity contribution in [2.24, 2.45) is 0 Å². The van der Waals surface area contributed by atoms with Crippen LogP contribution in [-0.2, 0) is 6.54 Å². The smallest absolute Gasteiger partial charge is 0.225 e. The van der Waals surface area contributed by atoms with E-state index in [1.807, 2.05) is 4.57 Å². The predicted molar refractivity (Wildman–Crippen MR) is 64.9 cm³/mol. The Labute approximate surface area is 104 Å². The van der Waals surface area contributed by atoms with Gasteiger partial charge in [-0.25, -0.2) is 9.97 Å². The fraction of sp³-hybridized carbons (Fsp3) is 0.500. The first-order valence-electron chi connectivity index (χ1n) is 5.26. The summed E-state index contributed by atoms with van der Waals surface area (Å²) >= 11 is 11.7. The first-order valence-corrected chi connectivity index (χ1v) is 6.02. The van der Waals surface area contributed by atoms with Gasteiger partial charge in [-0.2, -0.15) is 4.98 Å². The van der Waals surface area contributed by atoms with E-state index in [4.69, 9.17) is 23.2 Å². The van der Waals surface area contributed by atoms with Crippen LogP contribution in [0.4, 0.5) is 0 Å². The summed E-state index contributed by atoms with van der Waals surface area (Å²) in [6.45, 7) is 3.05. The summed E-state index contributed by atoms with van der Waals surface area (Å²) in [6, 6.07) is 0. The molecular formula is C10H12Cl2N4. The summed E-state index contributed by atoms with van der Waals surface area (Å²) < 4.78 is 1.96. The van der Waals surface area contributed by atoms with Gasteiger partial charge in [0.05, 0.1) is 6.33 Å². The normalized spacial score (nSPS) is 11.2. The van der Waals surface area contributed by atoms with Gasteiger partial charge in [0.15, 0.2) is 10.8 Å². The van der Waals surface area contributed by atoms with Gasteiger partial charge in [0, 0.05) is 6.54 Å². The van der Waals surface area contributed by atoms with E-state index in [0.29, 0.717) is 16.3 Å². The molecule has 2 aromatic heterocycles. The molecule has 0 unspecified atom stereocenters. The minimum atomic E-state index is 0.162. The third kappa shape index (κ3) is 2.28. The highest BCUT2D eigenvalue weighted by Crippen LogP contribution is 2.20. The Balaban J connectivity index is 2.32. The summed E-state index contributed by atoms with van der Waals surface area (Å²) in [5, 5.41) is 0.471. The fourth-order valence-electron chi connectivity index (χ4n) is 1.58. The van der Waals surface area contributed by atoms with Gasteiger partial charge in [0.1, 0.15) is 5.52 Å². The van der Waals surface area contributed by atoms with Crippen molar-refractivity contribution in [1.29, 1.82) is 0 Å². The van der Waals surface area contributed by atoms with Crippen LogP contribution >= 0.6 is 23.2 Å². The maximum Gasteiger partial charge on any atom is 0.225 e. The van der Waals surface area contributed by atoms with Gasteiger partial charge in [-0.05, 0) is 18.0 Å². The lowest BCUT2D eigenvalue weighted by Gasteiger charge is -2.02. The Hall–Kier alpha value is -0.870. The van der Waals surface area contributed by atoms with Crippen LogP contribution in [0.15, 0.2) is 6.33 Å². The molecule has 6 heteroatoms. The van der Waals surface area contributed by atoms with Crippen LogP contribution in [0.2, 0.25) is 10.4 Å². The Kier molecular flexibility index (Phi) is 3.61. The first-order chi connectivity index (χ1) is 7.72. The maximum absolute atomic E-state index is 5.93. The van der Waals surface area contributed by atoms with Gasteiger partial charge in [-0.1, -0.05) is 31.4 Å². The fourth-order valence-corrected chi connectivity index (χ4v) is 2.00. The zero-order chi connectivity index (χ0) is 11.5. The van der Waals surface area contributed by atoms with Gasteiger partial charge in [0.2, 0.25) is 5.28 Å². The average Bonchev–Trinajstić information content (AvgIpc) is 2.62. The van der Waals surface area contributed by atoms with Crippen molar-refractivity contribution in [2.45, 2.75) is 32.7 Å². The van der Waals surface area contributed by atoms with Gasteiger partial charge >= 0.3 is 0 Å². The highest BCUT2D eigenvalue weighted by Gasteiger charge is 2.10. The molecule has 16 heavy (non-hydrogen) atoms. The monoisotopic (exact) mass is 258 g/mol. The maximum atomic E-state index is 5.93. The highest BCUT2D eigenvalue weighted by molar-refractivity contribution is 6.35. The van der Waals surface area contributed by atoms with Crippen LogP contribution in [0.3, 0.4) is 0 Å². The van der Waals surface area contributed by atoms with E-state index in [1.165, 1.54) is 12.8 Å². The minimum absolute atomic E-state index is 0.162. The molecule has 0 aliphatic rings. The molecule has 0 fully saturated rings. The van der Waals surface area contributed by atoms with Gasteiger partial charge in [0.25, 0.3) is 0 Å². The molecule has 86 valence electrons. The van der Waals surface area contributed by atoms with E-state index in [-0.39, 0.29) is 5.28 Å². The molecule has 0 radical (unpaired) electrons. The lowest BCUT2D eigenvalue weighted by molar-refractivity contribution is 0.610. The van der Waals surface area contributed by atoms with Crippen LogP contribution in [-0.4, -0.2) is 19.5 Å². The van der Waals surface area contributed by atoms with Crippen molar-refractivity contribution >= 4 is 34.4 Å². The van der Waals surface area contributed by atoms with Crippen molar-refractivity contribution < 1.29 is 0 Å². The number of imidazole rings is 1. The Morgan fingerprint density at radius 2 is 2.06 bits per heavy atom. The van der Waals surface area contributed by atoms with Gasteiger partial charge < -0.3 is 4.57 Å². The highest BCUT2D eigenvalue weighted by atomic mass is 35.5.